The van der Waals surface area contributed by atoms with E-state index in [2.05, 4.69) is 37.3 Å². The maximum atomic E-state index is 13.5. The smallest absolute Gasteiger partial charge is 0.123 e. The van der Waals surface area contributed by atoms with Gasteiger partial charge >= 0.3 is 0 Å². The molecule has 0 heterocycles. The summed E-state index contributed by atoms with van der Waals surface area (Å²) in [5.74, 6) is -0.203. The topological polar surface area (TPSA) is 26.0 Å². The predicted octanol–water partition coefficient (Wildman–Crippen LogP) is 5.94. The lowest BCUT2D eigenvalue weighted by atomic mass is 9.92. The Morgan fingerprint density at radius 3 is 2.25 bits per heavy atom. The maximum Gasteiger partial charge on any atom is 0.123 e. The third-order valence-electron chi connectivity index (χ3n) is 4.61. The monoisotopic (exact) mass is 315 g/mol. The molecule has 0 radical (unpaired) electrons. The van der Waals surface area contributed by atoms with Crippen LogP contribution in [0.25, 0.3) is 32.7 Å². The predicted molar refractivity (Wildman–Crippen MR) is 101 cm³/mol. The van der Waals surface area contributed by atoms with Crippen LogP contribution in [0.5, 0.6) is 0 Å². The average Bonchev–Trinajstić information content (AvgIpc) is 2.59. The molecule has 0 atom stereocenters. The number of aryl methyl sites for hydroxylation is 1. The highest BCUT2D eigenvalue weighted by Gasteiger charge is 2.10. The summed E-state index contributed by atoms with van der Waals surface area (Å²) in [6.07, 6.45) is 0.917. The van der Waals surface area contributed by atoms with E-state index in [-0.39, 0.29) is 5.82 Å². The fourth-order valence-electron chi connectivity index (χ4n) is 3.35. The third kappa shape index (κ3) is 2.41. The molecule has 24 heavy (non-hydrogen) atoms. The van der Waals surface area contributed by atoms with Crippen molar-refractivity contribution in [2.75, 3.05) is 5.73 Å². The Labute approximate surface area is 140 Å². The zero-order valence-electron chi connectivity index (χ0n) is 13.5. The third-order valence-corrected chi connectivity index (χ3v) is 4.61. The Balaban J connectivity index is 2.03. The first-order chi connectivity index (χ1) is 11.7. The van der Waals surface area contributed by atoms with Crippen LogP contribution in [0.3, 0.4) is 0 Å². The molecule has 0 amide bonds. The minimum atomic E-state index is -0.203. The molecule has 0 fully saturated rings. The first kappa shape index (κ1) is 14.7. The van der Waals surface area contributed by atoms with Crippen LogP contribution in [0.4, 0.5) is 10.1 Å². The summed E-state index contributed by atoms with van der Waals surface area (Å²) in [6, 6.07) is 21.4. The van der Waals surface area contributed by atoms with Gasteiger partial charge in [0, 0.05) is 11.3 Å². The van der Waals surface area contributed by atoms with Gasteiger partial charge < -0.3 is 5.73 Å². The number of benzene rings is 4. The van der Waals surface area contributed by atoms with Gasteiger partial charge in [0.1, 0.15) is 5.82 Å². The summed E-state index contributed by atoms with van der Waals surface area (Å²) in [4.78, 5) is 0. The van der Waals surface area contributed by atoms with Gasteiger partial charge in [-0.3, -0.25) is 0 Å². The summed E-state index contributed by atoms with van der Waals surface area (Å²) in [6.45, 7) is 2.14. The molecular weight excluding hydrogens is 297 g/mol. The standard InChI is InChI=1S/C22H18FN/c1-2-14-9-16-11-17-12-19(23)8-7-15(17)10-18(16)13-21(14)20-5-3-4-6-22(20)24/h3-13H,2,24H2,1H3. The fourth-order valence-corrected chi connectivity index (χ4v) is 3.35. The highest BCUT2D eigenvalue weighted by molar-refractivity contribution is 6.01. The molecule has 2 N–H and O–H groups in total. The lowest BCUT2D eigenvalue weighted by Gasteiger charge is -2.13. The molecule has 4 rings (SSSR count). The second kappa shape index (κ2) is 5.64. The number of rotatable bonds is 2. The minimum Gasteiger partial charge on any atom is -0.398 e. The number of nitrogens with two attached hydrogens (primary N) is 1. The van der Waals surface area contributed by atoms with Gasteiger partial charge in [0.25, 0.3) is 0 Å². The molecule has 0 aliphatic heterocycles. The molecule has 0 saturated carbocycles. The Morgan fingerprint density at radius 1 is 0.750 bits per heavy atom. The van der Waals surface area contributed by atoms with Crippen molar-refractivity contribution in [3.63, 3.8) is 0 Å². The summed E-state index contributed by atoms with van der Waals surface area (Å²) in [7, 11) is 0. The normalized spacial score (nSPS) is 11.2. The summed E-state index contributed by atoms with van der Waals surface area (Å²) in [5, 5.41) is 4.24. The van der Waals surface area contributed by atoms with E-state index in [0.29, 0.717) is 0 Å². The first-order valence-corrected chi connectivity index (χ1v) is 8.16. The van der Waals surface area contributed by atoms with Crippen molar-refractivity contribution in [1.29, 1.82) is 0 Å². The molecule has 0 unspecified atom stereocenters. The number of anilines is 1. The lowest BCUT2D eigenvalue weighted by Crippen LogP contribution is -1.94. The average molecular weight is 315 g/mol. The number of halogens is 1. The van der Waals surface area contributed by atoms with E-state index in [1.165, 1.54) is 17.2 Å². The van der Waals surface area contributed by atoms with Crippen LogP contribution in [0.2, 0.25) is 0 Å². The molecule has 4 aromatic rings. The van der Waals surface area contributed by atoms with E-state index in [9.17, 15) is 4.39 Å². The van der Waals surface area contributed by atoms with Crippen molar-refractivity contribution in [1.82, 2.24) is 0 Å². The SMILES string of the molecule is CCc1cc2cc3cc(F)ccc3cc2cc1-c1ccccc1N. The van der Waals surface area contributed by atoms with Crippen molar-refractivity contribution in [2.24, 2.45) is 0 Å². The Hall–Kier alpha value is -2.87. The van der Waals surface area contributed by atoms with Gasteiger partial charge in [-0.1, -0.05) is 37.3 Å². The Bertz CT molecular complexity index is 1070. The van der Waals surface area contributed by atoms with Crippen molar-refractivity contribution in [3.8, 4) is 11.1 Å². The number of para-hydroxylation sites is 1. The van der Waals surface area contributed by atoms with Crippen LogP contribution in [0.15, 0.2) is 66.7 Å². The van der Waals surface area contributed by atoms with Crippen molar-refractivity contribution < 1.29 is 4.39 Å². The molecule has 2 heteroatoms. The van der Waals surface area contributed by atoms with Crippen LogP contribution in [-0.2, 0) is 6.42 Å². The second-order valence-corrected chi connectivity index (χ2v) is 6.14. The lowest BCUT2D eigenvalue weighted by molar-refractivity contribution is 0.630. The number of hydrogen-bond acceptors (Lipinski definition) is 1. The fraction of sp³-hybridized carbons (Fsp3) is 0.0909. The molecule has 0 aromatic heterocycles. The molecular formula is C22H18FN. The van der Waals surface area contributed by atoms with E-state index in [1.54, 1.807) is 6.07 Å². The highest BCUT2D eigenvalue weighted by atomic mass is 19.1. The van der Waals surface area contributed by atoms with E-state index >= 15 is 0 Å². The van der Waals surface area contributed by atoms with Gasteiger partial charge in [-0.15, -0.1) is 0 Å². The van der Waals surface area contributed by atoms with Gasteiger partial charge in [0.05, 0.1) is 0 Å². The zero-order chi connectivity index (χ0) is 16.7. The molecule has 118 valence electrons. The molecule has 0 bridgehead atoms. The molecule has 1 nitrogen and oxygen atoms in total. The molecule has 0 spiro atoms. The van der Waals surface area contributed by atoms with Crippen LogP contribution >= 0.6 is 0 Å². The van der Waals surface area contributed by atoms with Gasteiger partial charge in [-0.05, 0) is 75.5 Å². The van der Waals surface area contributed by atoms with E-state index in [4.69, 9.17) is 5.73 Å². The Kier molecular flexibility index (Phi) is 3.46. The molecule has 0 saturated heterocycles. The first-order valence-electron chi connectivity index (χ1n) is 8.16. The molecule has 0 aliphatic rings. The van der Waals surface area contributed by atoms with Crippen molar-refractivity contribution in [2.45, 2.75) is 13.3 Å². The largest absolute Gasteiger partial charge is 0.398 e. The molecule has 4 aromatic carbocycles. The maximum absolute atomic E-state index is 13.5. The quantitative estimate of drug-likeness (QED) is 0.359. The second-order valence-electron chi connectivity index (χ2n) is 6.14. The van der Waals surface area contributed by atoms with Crippen LogP contribution in [-0.4, -0.2) is 0 Å². The van der Waals surface area contributed by atoms with Crippen molar-refractivity contribution in [3.05, 3.63) is 78.1 Å². The number of nitrogen functional groups attached to an aromatic ring is 1. The van der Waals surface area contributed by atoms with Gasteiger partial charge in [-0.25, -0.2) is 4.39 Å². The zero-order valence-corrected chi connectivity index (χ0v) is 13.5. The van der Waals surface area contributed by atoms with Crippen LogP contribution < -0.4 is 5.73 Å². The van der Waals surface area contributed by atoms with Crippen molar-refractivity contribution >= 4 is 27.2 Å². The van der Waals surface area contributed by atoms with Crippen LogP contribution in [0.1, 0.15) is 12.5 Å². The summed E-state index contributed by atoms with van der Waals surface area (Å²) >= 11 is 0. The number of hydrogen-bond donors (Lipinski definition) is 1. The van der Waals surface area contributed by atoms with E-state index in [1.807, 2.05) is 24.3 Å². The molecule has 0 aliphatic carbocycles. The van der Waals surface area contributed by atoms with E-state index < -0.39 is 0 Å². The van der Waals surface area contributed by atoms with Gasteiger partial charge in [0.2, 0.25) is 0 Å². The van der Waals surface area contributed by atoms with Crippen LogP contribution in [0, 0.1) is 5.82 Å². The minimum absolute atomic E-state index is 0.203. The highest BCUT2D eigenvalue weighted by Crippen LogP contribution is 2.34. The number of fused-ring (bicyclic) bond motifs is 2. The van der Waals surface area contributed by atoms with E-state index in [0.717, 1.165) is 39.2 Å². The Morgan fingerprint density at radius 2 is 1.46 bits per heavy atom. The van der Waals surface area contributed by atoms with Gasteiger partial charge in [-0.2, -0.15) is 0 Å². The van der Waals surface area contributed by atoms with Gasteiger partial charge in [0.15, 0.2) is 0 Å². The summed E-state index contributed by atoms with van der Waals surface area (Å²) < 4.78 is 13.5. The summed E-state index contributed by atoms with van der Waals surface area (Å²) in [5.41, 5.74) is 10.5.